The predicted molar refractivity (Wildman–Crippen MR) is 71.1 cm³/mol. The van der Waals surface area contributed by atoms with Crippen molar-refractivity contribution in [3.05, 3.63) is 59.9 Å². The van der Waals surface area contributed by atoms with Crippen molar-refractivity contribution in [1.29, 1.82) is 0 Å². The topological polar surface area (TPSA) is 77.8 Å². The largest absolute Gasteiger partial charge is 0.399 e. The molecule has 5 nitrogen and oxygen atoms in total. The first kappa shape index (κ1) is 12.3. The number of nitrogens with two attached hydrogens (primary N) is 1. The number of rotatable bonds is 3. The Kier molecular flexibility index (Phi) is 3.12. The van der Waals surface area contributed by atoms with Crippen LogP contribution in [0.25, 0.3) is 11.5 Å². The summed E-state index contributed by atoms with van der Waals surface area (Å²) in [5.74, 6) is 0.158. The minimum Gasteiger partial charge on any atom is -0.399 e. The van der Waals surface area contributed by atoms with Crippen molar-refractivity contribution in [3.8, 4) is 11.5 Å². The van der Waals surface area contributed by atoms with Gasteiger partial charge in [-0.05, 0) is 35.9 Å². The molecule has 3 aromatic rings. The molecule has 0 spiro atoms. The highest BCUT2D eigenvalue weighted by Crippen LogP contribution is 2.23. The van der Waals surface area contributed by atoms with Crippen molar-refractivity contribution in [1.82, 2.24) is 15.1 Å². The highest BCUT2D eigenvalue weighted by molar-refractivity contribution is 5.60. The third kappa shape index (κ3) is 2.49. The van der Waals surface area contributed by atoms with Gasteiger partial charge < -0.3 is 10.3 Å². The van der Waals surface area contributed by atoms with Crippen LogP contribution in [0.2, 0.25) is 0 Å². The van der Waals surface area contributed by atoms with E-state index in [-0.39, 0.29) is 11.5 Å². The monoisotopic (exact) mass is 270 g/mol. The van der Waals surface area contributed by atoms with E-state index in [1.165, 1.54) is 18.2 Å². The molecule has 0 aliphatic rings. The molecule has 6 heteroatoms. The molecule has 2 aromatic heterocycles. The molecule has 2 heterocycles. The SMILES string of the molecule is Nc1ccc(F)c(-c2nc(Cc3ccncc3)no2)c1. The van der Waals surface area contributed by atoms with Crippen LogP contribution in [0.4, 0.5) is 10.1 Å². The Bertz CT molecular complexity index is 727. The van der Waals surface area contributed by atoms with Gasteiger partial charge in [0.1, 0.15) is 5.82 Å². The van der Waals surface area contributed by atoms with E-state index in [4.69, 9.17) is 10.3 Å². The Morgan fingerprint density at radius 2 is 1.95 bits per heavy atom. The summed E-state index contributed by atoms with van der Waals surface area (Å²) in [5, 5.41) is 3.84. The lowest BCUT2D eigenvalue weighted by Gasteiger charge is -1.98. The molecule has 0 unspecified atom stereocenters. The van der Waals surface area contributed by atoms with Crippen LogP contribution >= 0.6 is 0 Å². The summed E-state index contributed by atoms with van der Waals surface area (Å²) >= 11 is 0. The third-order valence-corrected chi connectivity index (χ3v) is 2.80. The molecule has 20 heavy (non-hydrogen) atoms. The lowest BCUT2D eigenvalue weighted by molar-refractivity contribution is 0.421. The van der Waals surface area contributed by atoms with Crippen LogP contribution in [0.15, 0.2) is 47.2 Å². The van der Waals surface area contributed by atoms with Crippen molar-refractivity contribution >= 4 is 5.69 Å². The second-order valence-corrected chi connectivity index (χ2v) is 4.29. The summed E-state index contributed by atoms with van der Waals surface area (Å²) in [6, 6.07) is 7.94. The van der Waals surface area contributed by atoms with Crippen LogP contribution in [-0.2, 0) is 6.42 Å². The maximum Gasteiger partial charge on any atom is 0.260 e. The van der Waals surface area contributed by atoms with Crippen LogP contribution in [0.5, 0.6) is 0 Å². The second kappa shape index (κ2) is 5.08. The summed E-state index contributed by atoms with van der Waals surface area (Å²) in [4.78, 5) is 8.12. The molecule has 0 saturated carbocycles. The first-order valence-corrected chi connectivity index (χ1v) is 5.99. The van der Waals surface area contributed by atoms with Crippen molar-refractivity contribution in [2.24, 2.45) is 0 Å². The number of hydrogen-bond acceptors (Lipinski definition) is 5. The highest BCUT2D eigenvalue weighted by Gasteiger charge is 2.13. The first-order valence-electron chi connectivity index (χ1n) is 5.99. The zero-order valence-corrected chi connectivity index (χ0v) is 10.5. The quantitative estimate of drug-likeness (QED) is 0.739. The third-order valence-electron chi connectivity index (χ3n) is 2.80. The lowest BCUT2D eigenvalue weighted by Crippen LogP contribution is -1.92. The number of nitrogens with zero attached hydrogens (tertiary/aromatic N) is 3. The smallest absolute Gasteiger partial charge is 0.260 e. The molecule has 0 radical (unpaired) electrons. The predicted octanol–water partition coefficient (Wildman–Crippen LogP) is 2.44. The molecule has 0 fully saturated rings. The van der Waals surface area contributed by atoms with E-state index in [1.807, 2.05) is 12.1 Å². The Morgan fingerprint density at radius 3 is 2.75 bits per heavy atom. The Balaban J connectivity index is 1.88. The van der Waals surface area contributed by atoms with Gasteiger partial charge in [0.2, 0.25) is 0 Å². The standard InChI is InChI=1S/C14H11FN4O/c15-12-2-1-10(16)8-11(12)14-18-13(19-20-14)7-9-3-5-17-6-4-9/h1-6,8H,7,16H2. The summed E-state index contributed by atoms with van der Waals surface area (Å²) in [6.45, 7) is 0. The van der Waals surface area contributed by atoms with Gasteiger partial charge >= 0.3 is 0 Å². The van der Waals surface area contributed by atoms with Gasteiger partial charge in [0.25, 0.3) is 5.89 Å². The van der Waals surface area contributed by atoms with Gasteiger partial charge in [-0.3, -0.25) is 4.98 Å². The van der Waals surface area contributed by atoms with E-state index in [1.54, 1.807) is 12.4 Å². The van der Waals surface area contributed by atoms with E-state index in [9.17, 15) is 4.39 Å². The molecule has 100 valence electrons. The fourth-order valence-corrected chi connectivity index (χ4v) is 1.83. The van der Waals surface area contributed by atoms with Gasteiger partial charge in [-0.15, -0.1) is 0 Å². The average molecular weight is 270 g/mol. The van der Waals surface area contributed by atoms with E-state index >= 15 is 0 Å². The number of halogens is 1. The van der Waals surface area contributed by atoms with Crippen LogP contribution in [-0.4, -0.2) is 15.1 Å². The molecule has 1 aromatic carbocycles. The maximum atomic E-state index is 13.7. The van der Waals surface area contributed by atoms with Gasteiger partial charge in [0.05, 0.1) is 5.56 Å². The van der Waals surface area contributed by atoms with E-state index < -0.39 is 5.82 Å². The zero-order valence-electron chi connectivity index (χ0n) is 10.5. The lowest BCUT2D eigenvalue weighted by atomic mass is 10.2. The number of benzene rings is 1. The van der Waals surface area contributed by atoms with Crippen LogP contribution in [0.1, 0.15) is 11.4 Å². The van der Waals surface area contributed by atoms with Crippen molar-refractivity contribution in [2.45, 2.75) is 6.42 Å². The molecule has 2 N–H and O–H groups in total. The normalized spacial score (nSPS) is 10.7. The van der Waals surface area contributed by atoms with Crippen LogP contribution in [0.3, 0.4) is 0 Å². The molecule has 0 atom stereocenters. The number of aromatic nitrogens is 3. The molecule has 0 bridgehead atoms. The zero-order chi connectivity index (χ0) is 13.9. The maximum absolute atomic E-state index is 13.7. The molecule has 3 rings (SSSR count). The minimum absolute atomic E-state index is 0.124. The first-order chi connectivity index (χ1) is 9.72. The summed E-state index contributed by atoms with van der Waals surface area (Å²) in [5.41, 5.74) is 7.28. The van der Waals surface area contributed by atoms with Gasteiger partial charge in [0.15, 0.2) is 5.82 Å². The summed E-state index contributed by atoms with van der Waals surface area (Å²) < 4.78 is 18.8. The van der Waals surface area contributed by atoms with E-state index in [2.05, 4.69) is 15.1 Å². The van der Waals surface area contributed by atoms with Crippen LogP contribution in [0, 0.1) is 5.82 Å². The number of hydrogen-bond donors (Lipinski definition) is 1. The van der Waals surface area contributed by atoms with Crippen molar-refractivity contribution in [3.63, 3.8) is 0 Å². The number of pyridine rings is 1. The van der Waals surface area contributed by atoms with E-state index in [0.29, 0.717) is 17.9 Å². The highest BCUT2D eigenvalue weighted by atomic mass is 19.1. The van der Waals surface area contributed by atoms with Crippen molar-refractivity contribution < 1.29 is 8.91 Å². The van der Waals surface area contributed by atoms with Gasteiger partial charge in [-0.1, -0.05) is 5.16 Å². The van der Waals surface area contributed by atoms with Gasteiger partial charge in [-0.25, -0.2) is 4.39 Å². The van der Waals surface area contributed by atoms with Crippen LogP contribution < -0.4 is 5.73 Å². The Hall–Kier alpha value is -2.76. The molecular weight excluding hydrogens is 259 g/mol. The fraction of sp³-hybridized carbons (Fsp3) is 0.0714. The molecule has 0 aliphatic heterocycles. The van der Waals surface area contributed by atoms with Crippen molar-refractivity contribution in [2.75, 3.05) is 5.73 Å². The Labute approximate surface area is 114 Å². The summed E-state index contributed by atoms with van der Waals surface area (Å²) in [7, 11) is 0. The average Bonchev–Trinajstić information content (AvgIpc) is 2.91. The fourth-order valence-electron chi connectivity index (χ4n) is 1.83. The number of anilines is 1. The van der Waals surface area contributed by atoms with Gasteiger partial charge in [-0.2, -0.15) is 4.98 Å². The molecule has 0 amide bonds. The summed E-state index contributed by atoms with van der Waals surface area (Å²) in [6.07, 6.45) is 3.87. The second-order valence-electron chi connectivity index (χ2n) is 4.29. The molecule has 0 aliphatic carbocycles. The van der Waals surface area contributed by atoms with E-state index in [0.717, 1.165) is 5.56 Å². The molecule has 0 saturated heterocycles. The molecular formula is C14H11FN4O. The van der Waals surface area contributed by atoms with Gasteiger partial charge in [0, 0.05) is 24.5 Å². The number of nitrogen functional groups attached to an aromatic ring is 1. The minimum atomic E-state index is -0.446. The Morgan fingerprint density at radius 1 is 1.15 bits per heavy atom.